The van der Waals surface area contributed by atoms with E-state index in [-0.39, 0.29) is 11.9 Å². The molecule has 3 N–H and O–H groups in total. The van der Waals surface area contributed by atoms with E-state index in [4.69, 9.17) is 5.84 Å². The van der Waals surface area contributed by atoms with Crippen LogP contribution in [0.15, 0.2) is 22.7 Å². The molecule has 19 heavy (non-hydrogen) atoms. The van der Waals surface area contributed by atoms with Crippen molar-refractivity contribution in [2.45, 2.75) is 45.1 Å². The minimum absolute atomic E-state index is 0.189. The second-order valence-electron chi connectivity index (χ2n) is 5.73. The van der Waals surface area contributed by atoms with Crippen molar-refractivity contribution in [1.29, 1.82) is 0 Å². The van der Waals surface area contributed by atoms with E-state index >= 15 is 0 Å². The number of nitrogens with two attached hydrogens (primary N) is 1. The summed E-state index contributed by atoms with van der Waals surface area (Å²) in [5.41, 5.74) is 3.93. The van der Waals surface area contributed by atoms with Crippen LogP contribution < -0.4 is 11.3 Å². The van der Waals surface area contributed by atoms with Crippen molar-refractivity contribution >= 4 is 15.9 Å². The van der Waals surface area contributed by atoms with E-state index in [1.54, 1.807) is 12.1 Å². The van der Waals surface area contributed by atoms with Crippen LogP contribution in [-0.4, -0.2) is 6.04 Å². The Kier molecular flexibility index (Phi) is 5.37. The lowest BCUT2D eigenvalue weighted by atomic mass is 9.78. The number of nitrogens with one attached hydrogen (secondary N) is 1. The predicted octanol–water partition coefficient (Wildman–Crippen LogP) is 3.79. The molecule has 2 rings (SSSR count). The number of hydrogen-bond donors (Lipinski definition) is 2. The molecule has 106 valence electrons. The summed E-state index contributed by atoms with van der Waals surface area (Å²) in [5.74, 6) is 6.95. The molecule has 1 atom stereocenters. The van der Waals surface area contributed by atoms with Crippen molar-refractivity contribution in [3.8, 4) is 0 Å². The highest BCUT2D eigenvalue weighted by Gasteiger charge is 2.26. The third-order valence-corrected chi connectivity index (χ3v) is 5.06. The molecule has 1 aliphatic carbocycles. The van der Waals surface area contributed by atoms with E-state index in [1.165, 1.54) is 31.7 Å². The van der Waals surface area contributed by atoms with Crippen molar-refractivity contribution < 1.29 is 4.39 Å². The molecule has 0 saturated heterocycles. The zero-order valence-electron chi connectivity index (χ0n) is 11.3. The molecule has 1 aromatic rings. The van der Waals surface area contributed by atoms with Gasteiger partial charge in [0.15, 0.2) is 0 Å². The van der Waals surface area contributed by atoms with Crippen molar-refractivity contribution in [3.05, 3.63) is 34.1 Å². The van der Waals surface area contributed by atoms with Crippen LogP contribution in [0.5, 0.6) is 0 Å². The summed E-state index contributed by atoms with van der Waals surface area (Å²) in [5, 5.41) is 0. The van der Waals surface area contributed by atoms with Crippen LogP contribution in [0, 0.1) is 17.7 Å². The highest BCUT2D eigenvalue weighted by molar-refractivity contribution is 9.10. The van der Waals surface area contributed by atoms with E-state index in [0.29, 0.717) is 5.92 Å². The van der Waals surface area contributed by atoms with Crippen molar-refractivity contribution in [2.24, 2.45) is 17.7 Å². The van der Waals surface area contributed by atoms with Gasteiger partial charge in [0.05, 0.1) is 0 Å². The Morgan fingerprint density at radius 2 is 2.05 bits per heavy atom. The number of hydrogen-bond acceptors (Lipinski definition) is 2. The number of benzene rings is 1. The average molecular weight is 329 g/mol. The maximum absolute atomic E-state index is 13.3. The molecular formula is C15H22BrFN2. The van der Waals surface area contributed by atoms with Gasteiger partial charge in [-0.3, -0.25) is 11.3 Å². The molecule has 1 unspecified atom stereocenters. The fraction of sp³-hybridized carbons (Fsp3) is 0.600. The highest BCUT2D eigenvalue weighted by atomic mass is 79.9. The summed E-state index contributed by atoms with van der Waals surface area (Å²) in [6.45, 7) is 2.31. The van der Waals surface area contributed by atoms with E-state index in [9.17, 15) is 4.39 Å². The Bertz CT molecular complexity index is 417. The first-order valence-electron chi connectivity index (χ1n) is 7.00. The third kappa shape index (κ3) is 4.01. The zero-order valence-corrected chi connectivity index (χ0v) is 12.9. The summed E-state index contributed by atoms with van der Waals surface area (Å²) < 4.78 is 14.3. The molecule has 0 spiro atoms. The van der Waals surface area contributed by atoms with Crippen LogP contribution in [-0.2, 0) is 6.42 Å². The van der Waals surface area contributed by atoms with Crippen molar-refractivity contribution in [2.75, 3.05) is 0 Å². The van der Waals surface area contributed by atoms with Gasteiger partial charge in [0.2, 0.25) is 0 Å². The lowest BCUT2D eigenvalue weighted by molar-refractivity contribution is 0.229. The van der Waals surface area contributed by atoms with Crippen molar-refractivity contribution in [1.82, 2.24) is 5.43 Å². The minimum atomic E-state index is -0.189. The van der Waals surface area contributed by atoms with E-state index in [0.717, 1.165) is 22.4 Å². The molecule has 0 bridgehead atoms. The fourth-order valence-corrected chi connectivity index (χ4v) is 3.40. The lowest BCUT2D eigenvalue weighted by Crippen LogP contribution is -2.43. The summed E-state index contributed by atoms with van der Waals surface area (Å²) in [7, 11) is 0. The molecule has 1 aromatic carbocycles. The second-order valence-corrected chi connectivity index (χ2v) is 6.59. The number of hydrazine groups is 1. The Balaban J connectivity index is 2.04. The maximum atomic E-state index is 13.3. The van der Waals surface area contributed by atoms with Gasteiger partial charge in [0.25, 0.3) is 0 Å². The molecule has 2 nitrogen and oxygen atoms in total. The summed E-state index contributed by atoms with van der Waals surface area (Å²) in [6, 6.07) is 5.06. The quantitative estimate of drug-likeness (QED) is 0.651. The number of halogens is 2. The van der Waals surface area contributed by atoms with Crippen LogP contribution in [0.1, 0.15) is 38.2 Å². The van der Waals surface area contributed by atoms with Gasteiger partial charge >= 0.3 is 0 Å². The first kappa shape index (κ1) is 14.9. The van der Waals surface area contributed by atoms with Gasteiger partial charge in [-0.05, 0) is 54.9 Å². The smallest absolute Gasteiger partial charge is 0.123 e. The Labute approximate surface area is 123 Å². The molecule has 0 heterocycles. The second kappa shape index (κ2) is 6.82. The topological polar surface area (TPSA) is 38.0 Å². The minimum Gasteiger partial charge on any atom is -0.271 e. The normalized spacial score (nSPS) is 25.3. The van der Waals surface area contributed by atoms with E-state index in [2.05, 4.69) is 28.3 Å². The fourth-order valence-electron chi connectivity index (χ4n) is 2.99. The molecule has 1 saturated carbocycles. The first-order chi connectivity index (χ1) is 9.10. The van der Waals surface area contributed by atoms with Crippen LogP contribution in [0.4, 0.5) is 4.39 Å². The van der Waals surface area contributed by atoms with Gasteiger partial charge in [0.1, 0.15) is 5.82 Å². The standard InChI is InChI=1S/C15H22BrFN2/c1-10-2-4-11(5-3-10)15(19-18)9-12-8-13(17)6-7-14(12)16/h6-8,10-11,15,19H,2-5,9,18H2,1H3. The van der Waals surface area contributed by atoms with Crippen LogP contribution in [0.3, 0.4) is 0 Å². The first-order valence-corrected chi connectivity index (χ1v) is 7.79. The summed E-state index contributed by atoms with van der Waals surface area (Å²) in [6.07, 6.45) is 5.74. The highest BCUT2D eigenvalue weighted by Crippen LogP contribution is 2.32. The van der Waals surface area contributed by atoms with Gasteiger partial charge in [-0.2, -0.15) is 0 Å². The van der Waals surface area contributed by atoms with Crippen molar-refractivity contribution in [3.63, 3.8) is 0 Å². The molecule has 0 radical (unpaired) electrons. The Hall–Kier alpha value is -0.450. The van der Waals surface area contributed by atoms with E-state index in [1.807, 2.05) is 0 Å². The molecule has 1 fully saturated rings. The molecule has 1 aliphatic rings. The molecule has 4 heteroatoms. The molecule has 0 amide bonds. The maximum Gasteiger partial charge on any atom is 0.123 e. The largest absolute Gasteiger partial charge is 0.271 e. The molecule has 0 aromatic heterocycles. The SMILES string of the molecule is CC1CCC(C(Cc2cc(F)ccc2Br)NN)CC1. The third-order valence-electron chi connectivity index (χ3n) is 4.29. The van der Waals surface area contributed by atoms with Gasteiger partial charge in [-0.15, -0.1) is 0 Å². The van der Waals surface area contributed by atoms with Gasteiger partial charge in [-0.25, -0.2) is 4.39 Å². The van der Waals surface area contributed by atoms with E-state index < -0.39 is 0 Å². The molecular weight excluding hydrogens is 307 g/mol. The zero-order chi connectivity index (χ0) is 13.8. The lowest BCUT2D eigenvalue weighted by Gasteiger charge is -2.32. The van der Waals surface area contributed by atoms with Crippen LogP contribution in [0.2, 0.25) is 0 Å². The summed E-state index contributed by atoms with van der Waals surface area (Å²) in [4.78, 5) is 0. The van der Waals surface area contributed by atoms with Gasteiger partial charge in [-0.1, -0.05) is 35.7 Å². The average Bonchev–Trinajstić information content (AvgIpc) is 2.41. The summed E-state index contributed by atoms with van der Waals surface area (Å²) >= 11 is 3.49. The van der Waals surface area contributed by atoms with Crippen LogP contribution >= 0.6 is 15.9 Å². The Morgan fingerprint density at radius 1 is 1.37 bits per heavy atom. The van der Waals surface area contributed by atoms with Crippen LogP contribution in [0.25, 0.3) is 0 Å². The number of rotatable bonds is 4. The predicted molar refractivity (Wildman–Crippen MR) is 80.0 cm³/mol. The van der Waals surface area contributed by atoms with Gasteiger partial charge in [0, 0.05) is 10.5 Å². The Morgan fingerprint density at radius 3 is 2.68 bits per heavy atom. The monoisotopic (exact) mass is 328 g/mol. The van der Waals surface area contributed by atoms with Gasteiger partial charge < -0.3 is 0 Å². The molecule has 0 aliphatic heterocycles.